The predicted octanol–water partition coefficient (Wildman–Crippen LogP) is 3.16. The van der Waals surface area contributed by atoms with Crippen LogP contribution in [0.15, 0.2) is 6.20 Å². The molecule has 146 valence electrons. The summed E-state index contributed by atoms with van der Waals surface area (Å²) in [7, 11) is 0. The summed E-state index contributed by atoms with van der Waals surface area (Å²) in [5.41, 5.74) is 4.58. The van der Waals surface area contributed by atoms with E-state index < -0.39 is 6.16 Å². The number of pyridine rings is 1. The number of rotatable bonds is 4. The number of hydrogen-bond donors (Lipinski definition) is 1. The fraction of sp³-hybridized carbons (Fsp3) is 0.600. The predicted molar refractivity (Wildman–Crippen MR) is 101 cm³/mol. The van der Waals surface area contributed by atoms with E-state index in [1.807, 2.05) is 6.92 Å². The lowest BCUT2D eigenvalue weighted by Gasteiger charge is -2.32. The third-order valence-corrected chi connectivity index (χ3v) is 5.57. The normalized spacial score (nSPS) is 20.4. The monoisotopic (exact) mass is 373 g/mol. The second kappa shape index (κ2) is 7.86. The molecule has 27 heavy (non-hydrogen) atoms. The van der Waals surface area contributed by atoms with Gasteiger partial charge in [-0.2, -0.15) is 0 Å². The first-order valence-corrected chi connectivity index (χ1v) is 9.82. The number of morpholine rings is 1. The quantitative estimate of drug-likeness (QED) is 0.830. The molecule has 7 heteroatoms. The van der Waals surface area contributed by atoms with E-state index in [1.54, 1.807) is 13.1 Å². The van der Waals surface area contributed by atoms with Crippen molar-refractivity contribution in [2.75, 3.05) is 39.5 Å². The first-order chi connectivity index (χ1) is 13.2. The molecule has 0 amide bonds. The summed E-state index contributed by atoms with van der Waals surface area (Å²) in [4.78, 5) is 22.1. The van der Waals surface area contributed by atoms with Crippen LogP contribution in [0.4, 0.5) is 4.79 Å². The van der Waals surface area contributed by atoms with Crippen LogP contribution < -0.4 is 4.74 Å². The summed E-state index contributed by atoms with van der Waals surface area (Å²) in [5.74, 6) is 0.801. The molecule has 0 aromatic carbocycles. The fourth-order valence-corrected chi connectivity index (χ4v) is 4.34. The van der Waals surface area contributed by atoms with Crippen molar-refractivity contribution in [1.29, 1.82) is 0 Å². The third-order valence-electron chi connectivity index (χ3n) is 5.57. The molecule has 0 spiro atoms. The number of aromatic nitrogens is 2. The maximum atomic E-state index is 11.7. The zero-order chi connectivity index (χ0) is 18.8. The zero-order valence-electron chi connectivity index (χ0n) is 16.0. The van der Waals surface area contributed by atoms with Crippen LogP contribution in [0.1, 0.15) is 42.5 Å². The molecular weight excluding hydrogens is 346 g/mol. The average molecular weight is 373 g/mol. The van der Waals surface area contributed by atoms with Gasteiger partial charge in [0.05, 0.1) is 31.5 Å². The Hall–Kier alpha value is -2.12. The summed E-state index contributed by atoms with van der Waals surface area (Å²) < 4.78 is 15.7. The number of nitrogens with one attached hydrogen (secondary N) is 1. The summed E-state index contributed by atoms with van der Waals surface area (Å²) in [6, 6.07) is 0. The van der Waals surface area contributed by atoms with E-state index in [0.717, 1.165) is 55.7 Å². The number of fused-ring (bicyclic) bond motifs is 3. The topological polar surface area (TPSA) is 76.7 Å². The molecule has 4 rings (SSSR count). The largest absolute Gasteiger partial charge is 0.515 e. The van der Waals surface area contributed by atoms with Crippen LogP contribution in [0.25, 0.3) is 10.9 Å². The van der Waals surface area contributed by atoms with E-state index in [2.05, 4.69) is 14.9 Å². The maximum Gasteiger partial charge on any atom is 0.515 e. The van der Waals surface area contributed by atoms with Gasteiger partial charge in [-0.05, 0) is 44.6 Å². The van der Waals surface area contributed by atoms with Crippen molar-refractivity contribution in [3.05, 3.63) is 23.0 Å². The Labute approximate surface area is 159 Å². The lowest BCUT2D eigenvalue weighted by Crippen LogP contribution is -2.39. The Bertz CT molecular complexity index is 826. The molecule has 2 aromatic rings. The molecule has 7 nitrogen and oxygen atoms in total. The molecule has 0 radical (unpaired) electrons. The van der Waals surface area contributed by atoms with Crippen molar-refractivity contribution >= 4 is 17.1 Å². The molecular formula is C20H27N3O4. The highest BCUT2D eigenvalue weighted by atomic mass is 16.7. The number of H-pyrrole nitrogens is 1. The van der Waals surface area contributed by atoms with Crippen LogP contribution in [0.3, 0.4) is 0 Å². The minimum Gasteiger partial charge on any atom is -0.434 e. The second-order valence-corrected chi connectivity index (χ2v) is 7.28. The summed E-state index contributed by atoms with van der Waals surface area (Å²) in [5, 5.41) is 1.15. The summed E-state index contributed by atoms with van der Waals surface area (Å²) in [6.07, 6.45) is 4.47. The summed E-state index contributed by atoms with van der Waals surface area (Å²) >= 11 is 0. The molecule has 1 fully saturated rings. The SMILES string of the molecule is CCOC(=O)Oc1ncc2[nH]c3c(c2c1C)C(CN1CCOCC1)CCC3. The summed E-state index contributed by atoms with van der Waals surface area (Å²) in [6.45, 7) is 8.65. The standard InChI is InChI=1S/C20H27N3O4/c1-3-26-20(24)27-19-13(2)17-16(11-21-19)22-15-6-4-5-14(18(15)17)12-23-7-9-25-10-8-23/h11,14,22H,3-10,12H2,1-2H3. The smallest absolute Gasteiger partial charge is 0.434 e. The number of nitrogens with zero attached hydrogens (tertiary/aromatic N) is 2. The van der Waals surface area contributed by atoms with Crippen LogP contribution in [0.2, 0.25) is 0 Å². The van der Waals surface area contributed by atoms with Crippen molar-refractivity contribution in [2.45, 2.75) is 39.0 Å². The van der Waals surface area contributed by atoms with E-state index in [-0.39, 0.29) is 6.61 Å². The molecule has 1 atom stereocenters. The van der Waals surface area contributed by atoms with Crippen molar-refractivity contribution in [3.8, 4) is 5.88 Å². The van der Waals surface area contributed by atoms with Gasteiger partial charge >= 0.3 is 6.16 Å². The van der Waals surface area contributed by atoms with Gasteiger partial charge in [0.15, 0.2) is 0 Å². The molecule has 1 unspecified atom stereocenters. The molecule has 1 N–H and O–H groups in total. The number of aromatic amines is 1. The van der Waals surface area contributed by atoms with Crippen molar-refractivity contribution in [1.82, 2.24) is 14.9 Å². The fourth-order valence-electron chi connectivity index (χ4n) is 4.34. The van der Waals surface area contributed by atoms with Crippen molar-refractivity contribution in [2.24, 2.45) is 0 Å². The minimum atomic E-state index is -0.707. The van der Waals surface area contributed by atoms with Gasteiger partial charge in [-0.15, -0.1) is 0 Å². The van der Waals surface area contributed by atoms with Crippen molar-refractivity contribution < 1.29 is 19.0 Å². The molecule has 3 heterocycles. The Balaban J connectivity index is 1.68. The van der Waals surface area contributed by atoms with Crippen molar-refractivity contribution in [3.63, 3.8) is 0 Å². The van der Waals surface area contributed by atoms with Gasteiger partial charge in [-0.25, -0.2) is 9.78 Å². The maximum absolute atomic E-state index is 11.7. The molecule has 1 saturated heterocycles. The Morgan fingerprint density at radius 1 is 1.41 bits per heavy atom. The Morgan fingerprint density at radius 2 is 2.22 bits per heavy atom. The number of ether oxygens (including phenoxy) is 3. The van der Waals surface area contributed by atoms with Gasteiger partial charge in [-0.3, -0.25) is 4.90 Å². The minimum absolute atomic E-state index is 0.279. The van der Waals surface area contributed by atoms with Crippen LogP contribution in [0.5, 0.6) is 5.88 Å². The second-order valence-electron chi connectivity index (χ2n) is 7.28. The van der Waals surface area contributed by atoms with Crippen LogP contribution in [-0.2, 0) is 15.9 Å². The van der Waals surface area contributed by atoms with E-state index in [9.17, 15) is 4.79 Å². The van der Waals surface area contributed by atoms with E-state index >= 15 is 0 Å². The molecule has 2 aliphatic rings. The van der Waals surface area contributed by atoms with E-state index in [4.69, 9.17) is 14.2 Å². The van der Waals surface area contributed by atoms with Gasteiger partial charge < -0.3 is 19.2 Å². The molecule has 2 aromatic heterocycles. The molecule has 0 bridgehead atoms. The highest BCUT2D eigenvalue weighted by molar-refractivity contribution is 5.89. The molecule has 1 aliphatic heterocycles. The van der Waals surface area contributed by atoms with Crippen LogP contribution >= 0.6 is 0 Å². The molecule has 1 aliphatic carbocycles. The van der Waals surface area contributed by atoms with Gasteiger partial charge in [0, 0.05) is 36.3 Å². The average Bonchev–Trinajstić information content (AvgIpc) is 3.05. The third kappa shape index (κ3) is 3.66. The van der Waals surface area contributed by atoms with E-state index in [0.29, 0.717) is 11.8 Å². The first kappa shape index (κ1) is 18.3. The zero-order valence-corrected chi connectivity index (χ0v) is 16.0. The number of carbonyl (C=O) groups is 1. The lowest BCUT2D eigenvalue weighted by molar-refractivity contribution is 0.0343. The number of aryl methyl sites for hydroxylation is 2. The lowest BCUT2D eigenvalue weighted by atomic mass is 9.84. The van der Waals surface area contributed by atoms with Gasteiger partial charge in [0.1, 0.15) is 0 Å². The number of carbonyl (C=O) groups excluding carboxylic acids is 1. The van der Waals surface area contributed by atoms with Gasteiger partial charge in [-0.1, -0.05) is 0 Å². The molecule has 0 saturated carbocycles. The van der Waals surface area contributed by atoms with Crippen LogP contribution in [-0.4, -0.2) is 60.5 Å². The van der Waals surface area contributed by atoms with E-state index in [1.165, 1.54) is 24.1 Å². The first-order valence-electron chi connectivity index (χ1n) is 9.82. The Morgan fingerprint density at radius 3 is 3.00 bits per heavy atom. The number of hydrogen-bond acceptors (Lipinski definition) is 6. The van der Waals surface area contributed by atoms with Crippen LogP contribution in [0, 0.1) is 6.92 Å². The van der Waals surface area contributed by atoms with Gasteiger partial charge in [0.25, 0.3) is 0 Å². The Kier molecular flexibility index (Phi) is 5.31. The highest BCUT2D eigenvalue weighted by Gasteiger charge is 2.29. The highest BCUT2D eigenvalue weighted by Crippen LogP contribution is 2.40. The van der Waals surface area contributed by atoms with Gasteiger partial charge in [0.2, 0.25) is 5.88 Å².